The normalized spacial score (nSPS) is 10.8. The third-order valence-corrected chi connectivity index (χ3v) is 1.69. The molecule has 0 bridgehead atoms. The first-order valence-electron chi connectivity index (χ1n) is 3.27. The molecule has 0 aliphatic carbocycles. The van der Waals surface area contributed by atoms with Crippen molar-refractivity contribution in [3.8, 4) is 0 Å². The van der Waals surface area contributed by atoms with Gasteiger partial charge in [-0.15, -0.1) is 10.2 Å². The van der Waals surface area contributed by atoms with Crippen LogP contribution in [0.3, 0.4) is 0 Å². The van der Waals surface area contributed by atoms with Gasteiger partial charge in [0.1, 0.15) is 18.1 Å². The molecular weight excluding hydrogens is 180 g/mol. The topological polar surface area (TPSA) is 63.3 Å². The number of aliphatic hydroxyl groups excluding tert-OH is 1. The number of aromatic nitrogens is 4. The molecule has 2 heterocycles. The molecule has 0 aromatic carbocycles. The van der Waals surface area contributed by atoms with Crippen molar-refractivity contribution < 1.29 is 5.11 Å². The minimum atomic E-state index is -0.162. The Bertz CT molecular complexity index is 413. The molecule has 0 radical (unpaired) electrons. The van der Waals surface area contributed by atoms with Crippen molar-refractivity contribution in [3.63, 3.8) is 0 Å². The highest BCUT2D eigenvalue weighted by atomic mass is 35.5. The molecule has 12 heavy (non-hydrogen) atoms. The molecule has 0 fully saturated rings. The van der Waals surface area contributed by atoms with E-state index in [2.05, 4.69) is 15.2 Å². The Morgan fingerprint density at radius 2 is 2.33 bits per heavy atom. The van der Waals surface area contributed by atoms with E-state index in [1.54, 1.807) is 10.5 Å². The highest BCUT2D eigenvalue weighted by molar-refractivity contribution is 6.29. The third-order valence-electron chi connectivity index (χ3n) is 1.48. The van der Waals surface area contributed by atoms with Gasteiger partial charge in [-0.05, 0) is 0 Å². The molecule has 0 saturated heterocycles. The smallest absolute Gasteiger partial charge is 0.165 e. The molecule has 0 amide bonds. The SMILES string of the molecule is OCc1nnc2cc(Cl)ncn12. The number of rotatable bonds is 1. The van der Waals surface area contributed by atoms with Crippen LogP contribution in [0, 0.1) is 0 Å². The van der Waals surface area contributed by atoms with Crippen molar-refractivity contribution in [2.75, 3.05) is 0 Å². The molecule has 2 aromatic rings. The van der Waals surface area contributed by atoms with Crippen LogP contribution in [0.5, 0.6) is 0 Å². The zero-order chi connectivity index (χ0) is 8.55. The van der Waals surface area contributed by atoms with Gasteiger partial charge >= 0.3 is 0 Å². The largest absolute Gasteiger partial charge is 0.388 e. The van der Waals surface area contributed by atoms with Gasteiger partial charge in [-0.1, -0.05) is 11.6 Å². The average molecular weight is 185 g/mol. The molecule has 62 valence electrons. The number of halogens is 1. The van der Waals surface area contributed by atoms with E-state index < -0.39 is 0 Å². The Hall–Kier alpha value is -1.20. The summed E-state index contributed by atoms with van der Waals surface area (Å²) in [7, 11) is 0. The number of nitrogens with zero attached hydrogens (tertiary/aromatic N) is 4. The van der Waals surface area contributed by atoms with Crippen molar-refractivity contribution in [1.82, 2.24) is 19.6 Å². The molecule has 2 aromatic heterocycles. The molecule has 0 spiro atoms. The fraction of sp³-hybridized carbons (Fsp3) is 0.167. The first-order chi connectivity index (χ1) is 5.81. The van der Waals surface area contributed by atoms with Gasteiger partial charge in [0.2, 0.25) is 0 Å². The summed E-state index contributed by atoms with van der Waals surface area (Å²) in [5, 5.41) is 16.7. The van der Waals surface area contributed by atoms with Gasteiger partial charge in [0, 0.05) is 6.07 Å². The number of hydrogen-bond acceptors (Lipinski definition) is 4. The number of aliphatic hydroxyl groups is 1. The molecule has 0 aliphatic rings. The Morgan fingerprint density at radius 1 is 1.50 bits per heavy atom. The lowest BCUT2D eigenvalue weighted by atomic mass is 10.6. The van der Waals surface area contributed by atoms with Gasteiger partial charge in [-0.2, -0.15) is 0 Å². The van der Waals surface area contributed by atoms with E-state index in [4.69, 9.17) is 16.7 Å². The fourth-order valence-electron chi connectivity index (χ4n) is 0.926. The molecule has 1 N–H and O–H groups in total. The van der Waals surface area contributed by atoms with E-state index >= 15 is 0 Å². The lowest BCUT2D eigenvalue weighted by Crippen LogP contribution is -1.94. The Labute approximate surface area is 72.6 Å². The third kappa shape index (κ3) is 1.03. The summed E-state index contributed by atoms with van der Waals surface area (Å²) in [6, 6.07) is 1.58. The summed E-state index contributed by atoms with van der Waals surface area (Å²) in [5.41, 5.74) is 0.582. The van der Waals surface area contributed by atoms with Gasteiger partial charge in [-0.25, -0.2) is 4.98 Å². The van der Waals surface area contributed by atoms with Crippen molar-refractivity contribution in [2.24, 2.45) is 0 Å². The van der Waals surface area contributed by atoms with Crippen LogP contribution in [0.15, 0.2) is 12.4 Å². The second kappa shape index (κ2) is 2.69. The maximum atomic E-state index is 8.81. The molecule has 0 unspecified atom stereocenters. The maximum absolute atomic E-state index is 8.81. The van der Waals surface area contributed by atoms with E-state index in [0.29, 0.717) is 16.6 Å². The van der Waals surface area contributed by atoms with Crippen LogP contribution < -0.4 is 0 Å². The van der Waals surface area contributed by atoms with Crippen LogP contribution >= 0.6 is 11.6 Å². The Balaban J connectivity index is 2.73. The lowest BCUT2D eigenvalue weighted by molar-refractivity contribution is 0.270. The first-order valence-corrected chi connectivity index (χ1v) is 3.65. The van der Waals surface area contributed by atoms with E-state index in [-0.39, 0.29) is 6.61 Å². The molecule has 6 heteroatoms. The molecule has 0 aliphatic heterocycles. The monoisotopic (exact) mass is 184 g/mol. The zero-order valence-corrected chi connectivity index (χ0v) is 6.73. The van der Waals surface area contributed by atoms with Gasteiger partial charge < -0.3 is 5.11 Å². The van der Waals surface area contributed by atoms with Crippen LogP contribution in [0.25, 0.3) is 5.65 Å². The van der Waals surface area contributed by atoms with Crippen LogP contribution in [-0.4, -0.2) is 24.7 Å². The predicted molar refractivity (Wildman–Crippen MR) is 41.7 cm³/mol. The van der Waals surface area contributed by atoms with Crippen LogP contribution in [-0.2, 0) is 6.61 Å². The van der Waals surface area contributed by atoms with Crippen molar-refractivity contribution >= 4 is 17.2 Å². The summed E-state index contributed by atoms with van der Waals surface area (Å²) in [6.07, 6.45) is 1.48. The fourth-order valence-corrected chi connectivity index (χ4v) is 1.07. The highest BCUT2D eigenvalue weighted by Crippen LogP contribution is 2.07. The summed E-state index contributed by atoms with van der Waals surface area (Å²) < 4.78 is 1.58. The maximum Gasteiger partial charge on any atom is 0.165 e. The van der Waals surface area contributed by atoms with E-state index in [9.17, 15) is 0 Å². The van der Waals surface area contributed by atoms with E-state index in [0.717, 1.165) is 0 Å². The average Bonchev–Trinajstić information content (AvgIpc) is 2.46. The summed E-state index contributed by atoms with van der Waals surface area (Å²) in [6.45, 7) is -0.162. The molecule has 5 nitrogen and oxygen atoms in total. The van der Waals surface area contributed by atoms with Crippen LogP contribution in [0.4, 0.5) is 0 Å². The summed E-state index contributed by atoms with van der Waals surface area (Å²) >= 11 is 5.62. The quantitative estimate of drug-likeness (QED) is 0.647. The van der Waals surface area contributed by atoms with Gasteiger partial charge in [-0.3, -0.25) is 4.40 Å². The predicted octanol–water partition coefficient (Wildman–Crippen LogP) is 0.270. The standard InChI is InChI=1S/C6H5ClN4O/c7-4-1-5-9-10-6(2-12)11(5)3-8-4/h1,3,12H,2H2. The van der Waals surface area contributed by atoms with E-state index in [1.165, 1.54) is 6.33 Å². The second-order valence-electron chi connectivity index (χ2n) is 2.21. The molecule has 0 saturated carbocycles. The molecular formula is C6H5ClN4O. The number of fused-ring (bicyclic) bond motifs is 1. The number of hydrogen-bond donors (Lipinski definition) is 1. The Kier molecular flexibility index (Phi) is 1.67. The molecule has 0 atom stereocenters. The Morgan fingerprint density at radius 3 is 3.08 bits per heavy atom. The summed E-state index contributed by atoms with van der Waals surface area (Å²) in [4.78, 5) is 3.83. The van der Waals surface area contributed by atoms with Crippen molar-refractivity contribution in [3.05, 3.63) is 23.4 Å². The lowest BCUT2D eigenvalue weighted by Gasteiger charge is -1.93. The second-order valence-corrected chi connectivity index (χ2v) is 2.60. The molecule has 2 rings (SSSR count). The first kappa shape index (κ1) is 7.45. The zero-order valence-electron chi connectivity index (χ0n) is 5.98. The minimum Gasteiger partial charge on any atom is -0.388 e. The highest BCUT2D eigenvalue weighted by Gasteiger charge is 2.03. The van der Waals surface area contributed by atoms with E-state index in [1.807, 2.05) is 0 Å². The van der Waals surface area contributed by atoms with Crippen molar-refractivity contribution in [2.45, 2.75) is 6.61 Å². The van der Waals surface area contributed by atoms with Crippen molar-refractivity contribution in [1.29, 1.82) is 0 Å². The van der Waals surface area contributed by atoms with Crippen LogP contribution in [0.1, 0.15) is 5.82 Å². The van der Waals surface area contributed by atoms with Gasteiger partial charge in [0.15, 0.2) is 11.5 Å². The minimum absolute atomic E-state index is 0.162. The van der Waals surface area contributed by atoms with Gasteiger partial charge in [0.05, 0.1) is 0 Å². The van der Waals surface area contributed by atoms with Crippen LogP contribution in [0.2, 0.25) is 5.15 Å². The summed E-state index contributed by atoms with van der Waals surface area (Å²) in [5.74, 6) is 0.453. The van der Waals surface area contributed by atoms with Gasteiger partial charge in [0.25, 0.3) is 0 Å².